The number of fused-ring (bicyclic) bond motifs is 1. The summed E-state index contributed by atoms with van der Waals surface area (Å²) in [6.45, 7) is 3.13. The topological polar surface area (TPSA) is 56.8 Å². The van der Waals surface area contributed by atoms with E-state index in [4.69, 9.17) is 14.2 Å². The highest BCUT2D eigenvalue weighted by molar-refractivity contribution is 6.00. The number of rotatable bonds is 11. The van der Waals surface area contributed by atoms with Gasteiger partial charge in [0.15, 0.2) is 11.5 Å². The maximum absolute atomic E-state index is 13.2. The zero-order chi connectivity index (χ0) is 23.8. The third-order valence-electron chi connectivity index (χ3n) is 5.73. The van der Waals surface area contributed by atoms with Gasteiger partial charge in [-0.05, 0) is 91.5 Å². The quantitative estimate of drug-likeness (QED) is 0.427. The van der Waals surface area contributed by atoms with E-state index < -0.39 is 12.5 Å². The highest BCUT2D eigenvalue weighted by Crippen LogP contribution is 2.39. The molecular formula is C26H31F2NO4. The van der Waals surface area contributed by atoms with Crippen molar-refractivity contribution in [2.45, 2.75) is 58.5 Å². The van der Waals surface area contributed by atoms with Crippen molar-refractivity contribution in [1.29, 1.82) is 0 Å². The van der Waals surface area contributed by atoms with E-state index in [9.17, 15) is 13.6 Å². The summed E-state index contributed by atoms with van der Waals surface area (Å²) in [5.41, 5.74) is 4.27. The van der Waals surface area contributed by atoms with Crippen LogP contribution >= 0.6 is 0 Å². The van der Waals surface area contributed by atoms with E-state index in [-0.39, 0.29) is 5.75 Å². The first kappa shape index (κ1) is 24.6. The van der Waals surface area contributed by atoms with Gasteiger partial charge in [-0.2, -0.15) is 8.78 Å². The normalized spacial score (nSPS) is 12.8. The van der Waals surface area contributed by atoms with Crippen LogP contribution in [0, 0.1) is 0 Å². The Bertz CT molecular complexity index is 991. The third-order valence-corrected chi connectivity index (χ3v) is 5.73. The van der Waals surface area contributed by atoms with E-state index in [1.165, 1.54) is 0 Å². The number of amides is 1. The van der Waals surface area contributed by atoms with Crippen molar-refractivity contribution in [3.05, 3.63) is 59.2 Å². The van der Waals surface area contributed by atoms with Crippen LogP contribution in [0.5, 0.6) is 17.2 Å². The Morgan fingerprint density at radius 2 is 1.94 bits per heavy atom. The Morgan fingerprint density at radius 3 is 2.64 bits per heavy atom. The number of carbonyl (C=O) groups excluding carboxylic acids is 1. The van der Waals surface area contributed by atoms with Crippen molar-refractivity contribution in [2.24, 2.45) is 0 Å². The minimum absolute atomic E-state index is 0.00301. The second-order valence-electron chi connectivity index (χ2n) is 7.98. The van der Waals surface area contributed by atoms with Crippen molar-refractivity contribution < 1.29 is 27.8 Å². The fourth-order valence-electron chi connectivity index (χ4n) is 4.21. The van der Waals surface area contributed by atoms with Gasteiger partial charge >= 0.3 is 6.61 Å². The molecule has 1 amide bonds. The molecule has 0 aromatic heterocycles. The van der Waals surface area contributed by atoms with Crippen LogP contribution in [-0.2, 0) is 30.5 Å². The molecule has 0 bridgehead atoms. The number of hydrogen-bond donors (Lipinski definition) is 1. The molecule has 5 nitrogen and oxygen atoms in total. The molecule has 33 heavy (non-hydrogen) atoms. The van der Waals surface area contributed by atoms with Gasteiger partial charge in [0, 0.05) is 0 Å². The maximum atomic E-state index is 13.2. The van der Waals surface area contributed by atoms with Gasteiger partial charge in [-0.3, -0.25) is 4.79 Å². The van der Waals surface area contributed by atoms with E-state index in [0.717, 1.165) is 60.4 Å². The minimum Gasteiger partial charge on any atom is -0.493 e. The predicted octanol–water partition coefficient (Wildman–Crippen LogP) is 5.87. The van der Waals surface area contributed by atoms with Gasteiger partial charge in [-0.25, -0.2) is 0 Å². The molecule has 0 unspecified atom stereocenters. The lowest BCUT2D eigenvalue weighted by molar-refractivity contribution is -0.112. The number of nitrogens with one attached hydrogen (secondary N) is 1. The standard InChI is InChI=1S/C26H31F2NO4/c1-4-14-32-21-13-11-17(15-22(21)31-3)10-12-20-19-9-7-6-8-18(19)16-23(33-26(27)28)25(20)29-24(30)5-2/h5,11,13,15-16,26H,2,4,6-10,12,14H2,1,3H3,(H,29,30). The van der Waals surface area contributed by atoms with Crippen LogP contribution in [0.2, 0.25) is 0 Å². The van der Waals surface area contributed by atoms with Crippen molar-refractivity contribution in [2.75, 3.05) is 19.0 Å². The van der Waals surface area contributed by atoms with Crippen LogP contribution in [0.3, 0.4) is 0 Å². The Balaban J connectivity index is 1.96. The summed E-state index contributed by atoms with van der Waals surface area (Å²) in [7, 11) is 1.60. The van der Waals surface area contributed by atoms with E-state index in [0.29, 0.717) is 36.6 Å². The molecule has 2 aromatic carbocycles. The summed E-state index contributed by atoms with van der Waals surface area (Å²) < 4.78 is 42.4. The Hall–Kier alpha value is -3.09. The summed E-state index contributed by atoms with van der Waals surface area (Å²) in [5.74, 6) is 0.867. The molecular weight excluding hydrogens is 428 g/mol. The smallest absolute Gasteiger partial charge is 0.387 e. The number of ether oxygens (including phenoxy) is 3. The first-order chi connectivity index (χ1) is 16.0. The molecule has 3 rings (SSSR count). The summed E-state index contributed by atoms with van der Waals surface area (Å²) >= 11 is 0. The zero-order valence-electron chi connectivity index (χ0n) is 19.2. The second-order valence-corrected chi connectivity index (χ2v) is 7.98. The average Bonchev–Trinajstić information content (AvgIpc) is 2.82. The molecule has 1 aliphatic rings. The number of alkyl halides is 2. The van der Waals surface area contributed by atoms with E-state index in [1.807, 2.05) is 25.1 Å². The van der Waals surface area contributed by atoms with Crippen LogP contribution in [0.4, 0.5) is 14.5 Å². The predicted molar refractivity (Wildman–Crippen MR) is 125 cm³/mol. The molecule has 1 N–H and O–H groups in total. The molecule has 1 aliphatic carbocycles. The SMILES string of the molecule is C=CC(=O)Nc1c(OC(F)F)cc2c(c1CCc1ccc(OCCC)c(OC)c1)CCCC2. The highest BCUT2D eigenvalue weighted by Gasteiger charge is 2.23. The van der Waals surface area contributed by atoms with Gasteiger partial charge in [0.05, 0.1) is 19.4 Å². The lowest BCUT2D eigenvalue weighted by Crippen LogP contribution is -2.17. The monoisotopic (exact) mass is 459 g/mol. The van der Waals surface area contributed by atoms with Crippen molar-refractivity contribution in [3.8, 4) is 17.2 Å². The second kappa shape index (κ2) is 11.7. The molecule has 178 valence electrons. The number of benzene rings is 2. The van der Waals surface area contributed by atoms with Gasteiger partial charge < -0.3 is 19.5 Å². The van der Waals surface area contributed by atoms with Crippen LogP contribution < -0.4 is 19.5 Å². The van der Waals surface area contributed by atoms with E-state index >= 15 is 0 Å². The van der Waals surface area contributed by atoms with Crippen LogP contribution in [0.25, 0.3) is 0 Å². The van der Waals surface area contributed by atoms with Crippen molar-refractivity contribution >= 4 is 11.6 Å². The van der Waals surface area contributed by atoms with Crippen LogP contribution in [-0.4, -0.2) is 26.2 Å². The molecule has 7 heteroatoms. The average molecular weight is 460 g/mol. The van der Waals surface area contributed by atoms with Gasteiger partial charge in [0.25, 0.3) is 0 Å². The Labute approximate surface area is 193 Å². The fraction of sp³-hybridized carbons (Fsp3) is 0.423. The molecule has 0 saturated heterocycles. The van der Waals surface area contributed by atoms with Gasteiger partial charge in [-0.15, -0.1) is 0 Å². The van der Waals surface area contributed by atoms with E-state index in [2.05, 4.69) is 11.9 Å². The molecule has 0 saturated carbocycles. The molecule has 0 spiro atoms. The van der Waals surface area contributed by atoms with Crippen molar-refractivity contribution in [3.63, 3.8) is 0 Å². The number of aryl methyl sites for hydroxylation is 2. The number of anilines is 1. The molecule has 2 aromatic rings. The minimum atomic E-state index is -2.99. The molecule has 0 atom stereocenters. The molecule has 0 aliphatic heterocycles. The summed E-state index contributed by atoms with van der Waals surface area (Å²) in [6, 6.07) is 7.43. The van der Waals surface area contributed by atoms with Gasteiger partial charge in [0.2, 0.25) is 5.91 Å². The number of methoxy groups -OCH3 is 1. The van der Waals surface area contributed by atoms with Crippen LogP contribution in [0.1, 0.15) is 48.4 Å². The molecule has 0 radical (unpaired) electrons. The Kier molecular flexibility index (Phi) is 8.69. The zero-order valence-corrected chi connectivity index (χ0v) is 19.2. The summed E-state index contributed by atoms with van der Waals surface area (Å²) in [5, 5.41) is 2.72. The number of halogens is 2. The largest absolute Gasteiger partial charge is 0.493 e. The van der Waals surface area contributed by atoms with Crippen LogP contribution in [0.15, 0.2) is 36.9 Å². The first-order valence-corrected chi connectivity index (χ1v) is 11.3. The number of hydrogen-bond acceptors (Lipinski definition) is 4. The van der Waals surface area contributed by atoms with Crippen molar-refractivity contribution in [1.82, 2.24) is 0 Å². The third kappa shape index (κ3) is 6.24. The number of carbonyl (C=O) groups is 1. The van der Waals surface area contributed by atoms with Gasteiger partial charge in [0.1, 0.15) is 5.75 Å². The summed E-state index contributed by atoms with van der Waals surface area (Å²) in [4.78, 5) is 12.1. The lowest BCUT2D eigenvalue weighted by Gasteiger charge is -2.25. The Morgan fingerprint density at radius 1 is 1.15 bits per heavy atom. The maximum Gasteiger partial charge on any atom is 0.387 e. The first-order valence-electron chi connectivity index (χ1n) is 11.3. The highest BCUT2D eigenvalue weighted by atomic mass is 19.3. The molecule has 0 heterocycles. The van der Waals surface area contributed by atoms with E-state index in [1.54, 1.807) is 13.2 Å². The molecule has 0 fully saturated rings. The lowest BCUT2D eigenvalue weighted by atomic mass is 9.85. The fourth-order valence-corrected chi connectivity index (χ4v) is 4.21. The van der Waals surface area contributed by atoms with Gasteiger partial charge in [-0.1, -0.05) is 19.6 Å². The summed E-state index contributed by atoms with van der Waals surface area (Å²) in [6.07, 6.45) is 6.84.